The minimum atomic E-state index is -1.33. The van der Waals surface area contributed by atoms with Crippen LogP contribution in [0.15, 0.2) is 24.3 Å². The van der Waals surface area contributed by atoms with E-state index in [1.807, 2.05) is 0 Å². The number of aliphatic carboxylic acids is 1. The predicted octanol–water partition coefficient (Wildman–Crippen LogP) is -1.85. The molecule has 9 N–H and O–H groups in total. The number of ether oxygens (including phenoxy) is 1. The lowest BCUT2D eigenvalue weighted by molar-refractivity contribution is -0.384. The molecule has 0 aliphatic carbocycles. The van der Waals surface area contributed by atoms with E-state index in [0.717, 1.165) is 0 Å². The van der Waals surface area contributed by atoms with Gasteiger partial charge >= 0.3 is 12.1 Å². The second-order valence-corrected chi connectivity index (χ2v) is 11.8. The smallest absolute Gasteiger partial charge is 0.415 e. The van der Waals surface area contributed by atoms with Crippen LogP contribution in [0.2, 0.25) is 0 Å². The minimum absolute atomic E-state index is 0.0632. The van der Waals surface area contributed by atoms with Gasteiger partial charge in [0.05, 0.1) is 30.5 Å². The highest BCUT2D eigenvalue weighted by atomic mass is 16.6. The number of hydrogen-bond acceptors (Lipinski definition) is 13. The zero-order valence-corrected chi connectivity index (χ0v) is 29.2. The van der Waals surface area contributed by atoms with E-state index in [2.05, 4.69) is 16.0 Å². The van der Waals surface area contributed by atoms with E-state index in [1.165, 1.54) is 47.9 Å². The van der Waals surface area contributed by atoms with Crippen LogP contribution in [0.4, 0.5) is 10.5 Å². The molecule has 21 nitrogen and oxygen atoms in total. The number of carboxylic acid groups (broad SMARTS) is 1. The van der Waals surface area contributed by atoms with Crippen molar-refractivity contribution in [1.29, 1.82) is 0 Å². The van der Waals surface area contributed by atoms with Crippen molar-refractivity contribution in [1.82, 2.24) is 25.8 Å². The molecule has 1 fully saturated rings. The summed E-state index contributed by atoms with van der Waals surface area (Å²) in [5, 5.41) is 34.8. The molecule has 1 aliphatic heterocycles. The van der Waals surface area contributed by atoms with Crippen LogP contribution in [0.5, 0.6) is 5.75 Å². The molecular weight excluding hydrogens is 692 g/mol. The first-order valence-corrected chi connectivity index (χ1v) is 16.1. The summed E-state index contributed by atoms with van der Waals surface area (Å²) in [5.74, 6) is -4.84. The Morgan fingerprint density at radius 2 is 1.62 bits per heavy atom. The quantitative estimate of drug-likeness (QED) is 0.0524. The van der Waals surface area contributed by atoms with Gasteiger partial charge in [-0.15, -0.1) is 0 Å². The summed E-state index contributed by atoms with van der Waals surface area (Å²) in [6, 6.07) is 0.252. The Morgan fingerprint density at radius 1 is 1.00 bits per heavy atom. The Balaban J connectivity index is 0.00000106. The number of primary amides is 1. The first-order chi connectivity index (χ1) is 24.3. The van der Waals surface area contributed by atoms with Crippen molar-refractivity contribution < 1.29 is 58.2 Å². The summed E-state index contributed by atoms with van der Waals surface area (Å²) in [7, 11) is 0. The molecule has 1 aromatic rings. The van der Waals surface area contributed by atoms with Gasteiger partial charge in [0.2, 0.25) is 29.5 Å². The van der Waals surface area contributed by atoms with Gasteiger partial charge in [0, 0.05) is 37.7 Å². The maximum absolute atomic E-state index is 13.2. The maximum Gasteiger partial charge on any atom is 0.415 e. The molecular formula is C31H46N8O13. The number of Topliss-reactive ketones (excluding diaryl/α,β-unsaturated/α-hetero) is 1. The number of aliphatic hydroxyl groups is 1. The van der Waals surface area contributed by atoms with E-state index in [1.54, 1.807) is 13.8 Å². The molecule has 1 aromatic carbocycles. The Hall–Kier alpha value is -5.70. The molecule has 288 valence electrons. The highest BCUT2D eigenvalue weighted by molar-refractivity contribution is 6.03. The number of carbonyl (C=O) groups is 8. The largest absolute Gasteiger partial charge is 0.481 e. The lowest BCUT2D eigenvalue weighted by atomic mass is 10.1. The number of nitro groups is 1. The van der Waals surface area contributed by atoms with Crippen LogP contribution < -0.4 is 32.2 Å². The summed E-state index contributed by atoms with van der Waals surface area (Å²) < 4.78 is 5.29. The number of nitrogens with zero attached hydrogens (tertiary/aromatic N) is 3. The zero-order valence-electron chi connectivity index (χ0n) is 29.2. The number of benzene rings is 1. The second-order valence-electron chi connectivity index (χ2n) is 11.8. The Labute approximate surface area is 298 Å². The summed E-state index contributed by atoms with van der Waals surface area (Å²) in [6.07, 6.45) is -0.618. The molecule has 6 amide bonds. The average molecular weight is 739 g/mol. The van der Waals surface area contributed by atoms with Crippen LogP contribution in [0.25, 0.3) is 0 Å². The van der Waals surface area contributed by atoms with Gasteiger partial charge in [-0.1, -0.05) is 0 Å². The molecule has 1 aliphatic rings. The van der Waals surface area contributed by atoms with Gasteiger partial charge < -0.3 is 47.3 Å². The summed E-state index contributed by atoms with van der Waals surface area (Å²) in [6.45, 7) is 5.99. The summed E-state index contributed by atoms with van der Waals surface area (Å²) in [5.41, 5.74) is 9.58. The molecule has 0 bridgehead atoms. The molecule has 1 unspecified atom stereocenters. The molecule has 0 saturated carbocycles. The van der Waals surface area contributed by atoms with E-state index in [4.69, 9.17) is 26.4 Å². The van der Waals surface area contributed by atoms with Crippen LogP contribution in [0.1, 0.15) is 53.4 Å². The number of likely N-dealkylation sites (tertiary alicyclic amines) is 1. The van der Waals surface area contributed by atoms with Crippen molar-refractivity contribution >= 4 is 53.1 Å². The topological polar surface area (TPSA) is 324 Å². The summed E-state index contributed by atoms with van der Waals surface area (Å²) >= 11 is 0. The molecule has 21 heteroatoms. The Bertz CT molecular complexity index is 1470. The van der Waals surface area contributed by atoms with Gasteiger partial charge in [-0.2, -0.15) is 0 Å². The molecule has 0 radical (unpaired) electrons. The normalized spacial score (nSPS) is 15.1. The van der Waals surface area contributed by atoms with E-state index < -0.39 is 82.5 Å². The number of aliphatic hydroxyl groups excluding tert-OH is 1. The van der Waals surface area contributed by atoms with Crippen molar-refractivity contribution in [2.75, 3.05) is 26.2 Å². The highest BCUT2D eigenvalue weighted by Crippen LogP contribution is 2.22. The van der Waals surface area contributed by atoms with Gasteiger partial charge in [0.25, 0.3) is 5.69 Å². The van der Waals surface area contributed by atoms with Gasteiger partial charge in [-0.3, -0.25) is 48.6 Å². The van der Waals surface area contributed by atoms with Crippen molar-refractivity contribution in [3.63, 3.8) is 0 Å². The van der Waals surface area contributed by atoms with Gasteiger partial charge in [-0.05, 0) is 52.7 Å². The third-order valence-electron chi connectivity index (χ3n) is 7.41. The SMILES string of the molecule is CC(C)N(CC(=O)[C@@H]1CCCN1C(=O)[C@H](C)NC(=O)[C@H](C)NC(=O)CCC(=O)O)C(=O)Oc1ccc([N+](=O)[O-])cc1.NC(=O)C(N)C(=O)NCCO. The fourth-order valence-electron chi connectivity index (χ4n) is 4.56. The third-order valence-corrected chi connectivity index (χ3v) is 7.41. The van der Waals surface area contributed by atoms with Crippen LogP contribution in [-0.4, -0.2) is 129 Å². The maximum atomic E-state index is 13.2. The zero-order chi connectivity index (χ0) is 39.7. The number of rotatable bonds is 17. The molecule has 52 heavy (non-hydrogen) atoms. The lowest BCUT2D eigenvalue weighted by Crippen LogP contribution is -2.55. The average Bonchev–Trinajstić information content (AvgIpc) is 3.58. The number of ketones is 1. The first kappa shape index (κ1) is 44.3. The predicted molar refractivity (Wildman–Crippen MR) is 180 cm³/mol. The van der Waals surface area contributed by atoms with Crippen LogP contribution >= 0.6 is 0 Å². The van der Waals surface area contributed by atoms with Crippen molar-refractivity contribution in [3.05, 3.63) is 34.4 Å². The molecule has 0 aromatic heterocycles. The number of amides is 6. The number of carboxylic acids is 1. The van der Waals surface area contributed by atoms with E-state index in [-0.39, 0.29) is 50.5 Å². The second kappa shape index (κ2) is 21.5. The number of hydrogen-bond donors (Lipinski definition) is 7. The van der Waals surface area contributed by atoms with Crippen molar-refractivity contribution in [2.24, 2.45) is 11.5 Å². The van der Waals surface area contributed by atoms with Crippen molar-refractivity contribution in [3.8, 4) is 5.75 Å². The molecule has 0 spiro atoms. The molecule has 1 heterocycles. The Morgan fingerprint density at radius 3 is 2.13 bits per heavy atom. The number of nitrogens with two attached hydrogens (primary N) is 2. The number of non-ortho nitro benzene ring substituents is 1. The monoisotopic (exact) mass is 738 g/mol. The number of carbonyl (C=O) groups excluding carboxylic acids is 7. The summed E-state index contributed by atoms with van der Waals surface area (Å²) in [4.78, 5) is 108. The first-order valence-electron chi connectivity index (χ1n) is 16.1. The standard InChI is InChI=1S/C26H35N5O10.C5H11N3O3/c1-15(2)30(26(38)41-19-9-7-18(8-10-19)31(39)40)14-21(32)20-6-5-13-29(20)25(37)17(4)28-24(36)16(3)27-22(33)11-12-23(34)35;6-3(4(7)10)5(11)8-1-2-9/h7-10,15-17,20H,5-6,11-14H2,1-4H3,(H,27,33)(H,28,36)(H,34,35);3,9H,1-2,6H2,(H2,7,10)(H,8,11)/t16-,17-,20-;/m0./s1. The van der Waals surface area contributed by atoms with Crippen molar-refractivity contribution in [2.45, 2.75) is 83.6 Å². The molecule has 4 atom stereocenters. The third kappa shape index (κ3) is 14.6. The lowest BCUT2D eigenvalue weighted by Gasteiger charge is -2.30. The number of nitrogens with one attached hydrogen (secondary N) is 3. The van der Waals surface area contributed by atoms with E-state index in [9.17, 15) is 48.5 Å². The van der Waals surface area contributed by atoms with Gasteiger partial charge in [-0.25, -0.2) is 4.79 Å². The molecule has 2 rings (SSSR count). The fourth-order valence-corrected chi connectivity index (χ4v) is 4.56. The number of nitro benzene ring substituents is 1. The van der Waals surface area contributed by atoms with Gasteiger partial charge in [0.15, 0.2) is 11.8 Å². The van der Waals surface area contributed by atoms with E-state index in [0.29, 0.717) is 12.8 Å². The van der Waals surface area contributed by atoms with Crippen LogP contribution in [0.3, 0.4) is 0 Å². The highest BCUT2D eigenvalue weighted by Gasteiger charge is 2.38. The molecule has 1 saturated heterocycles. The Kier molecular flexibility index (Phi) is 18.3. The fraction of sp³-hybridized carbons (Fsp3) is 0.548. The minimum Gasteiger partial charge on any atom is -0.481 e. The van der Waals surface area contributed by atoms with Crippen LogP contribution in [0, 0.1) is 10.1 Å². The van der Waals surface area contributed by atoms with E-state index >= 15 is 0 Å². The van der Waals surface area contributed by atoms with Gasteiger partial charge in [0.1, 0.15) is 17.8 Å². The van der Waals surface area contributed by atoms with Crippen LogP contribution in [-0.2, 0) is 33.6 Å².